The normalized spacial score (nSPS) is 17.2. The van der Waals surface area contributed by atoms with Gasteiger partial charge >= 0.3 is 6.09 Å². The predicted molar refractivity (Wildman–Crippen MR) is 164 cm³/mol. The summed E-state index contributed by atoms with van der Waals surface area (Å²) < 4.78 is 10.6. The van der Waals surface area contributed by atoms with Gasteiger partial charge in [0.05, 0.1) is 48.6 Å². The van der Waals surface area contributed by atoms with Gasteiger partial charge in [-0.2, -0.15) is 0 Å². The Morgan fingerprint density at radius 1 is 1.07 bits per heavy atom. The fourth-order valence-corrected chi connectivity index (χ4v) is 5.54. The fourth-order valence-electron chi connectivity index (χ4n) is 4.73. The molecule has 13 nitrogen and oxygen atoms in total. The number of benzene rings is 1. The maximum Gasteiger partial charge on any atom is 0.404 e. The van der Waals surface area contributed by atoms with Gasteiger partial charge in [-0.05, 0) is 23.5 Å². The smallest absolute Gasteiger partial charge is 0.404 e. The second-order valence-electron chi connectivity index (χ2n) is 11.7. The minimum absolute atomic E-state index is 0.00658. The first kappa shape index (κ1) is 34.9. The number of likely N-dealkylation sites (tertiary alicyclic amines) is 1. The largest absolute Gasteiger partial charge is 0.465 e. The van der Waals surface area contributed by atoms with Gasteiger partial charge in [0.2, 0.25) is 17.7 Å². The van der Waals surface area contributed by atoms with E-state index in [1.807, 2.05) is 52.0 Å². The van der Waals surface area contributed by atoms with Crippen LogP contribution in [0.25, 0.3) is 10.4 Å². The third-order valence-corrected chi connectivity index (χ3v) is 8.06. The zero-order valence-electron chi connectivity index (χ0n) is 25.6. The topological polar surface area (TPSA) is 179 Å². The van der Waals surface area contributed by atoms with E-state index in [2.05, 4.69) is 20.9 Å². The summed E-state index contributed by atoms with van der Waals surface area (Å²) in [6, 6.07) is 6.03. The maximum absolute atomic E-state index is 13.7. The number of thiazole rings is 1. The molecule has 1 aromatic carbocycles. The summed E-state index contributed by atoms with van der Waals surface area (Å²) in [5.74, 6) is -1.19. The number of aromatic nitrogens is 1. The monoisotopic (exact) mass is 633 g/mol. The number of nitrogens with one attached hydrogen (secondary N) is 3. The van der Waals surface area contributed by atoms with Crippen LogP contribution in [0.5, 0.6) is 0 Å². The Balaban J connectivity index is 1.50. The first-order chi connectivity index (χ1) is 20.9. The third-order valence-electron chi connectivity index (χ3n) is 7.08. The highest BCUT2D eigenvalue weighted by molar-refractivity contribution is 7.13. The lowest BCUT2D eigenvalue weighted by Crippen LogP contribution is -2.57. The average molecular weight is 634 g/mol. The molecule has 3 atom stereocenters. The maximum atomic E-state index is 13.7. The quantitative estimate of drug-likeness (QED) is 0.183. The fraction of sp³-hybridized carbons (Fsp3) is 0.567. The van der Waals surface area contributed by atoms with Gasteiger partial charge < -0.3 is 40.5 Å². The van der Waals surface area contributed by atoms with E-state index in [0.29, 0.717) is 0 Å². The Labute approximate surface area is 261 Å². The van der Waals surface area contributed by atoms with E-state index in [9.17, 15) is 24.3 Å². The highest BCUT2D eigenvalue weighted by Crippen LogP contribution is 2.28. The summed E-state index contributed by atoms with van der Waals surface area (Å²) >= 11 is 1.57. The highest BCUT2D eigenvalue weighted by atomic mass is 32.1. The Bertz CT molecular complexity index is 1260. The standard InChI is InChI=1S/C30H43N5O8S/c1-19-25(44-18-33-19)21-7-5-20(6-8-21)16-32-27(38)23-15-22(36)17-35(23)28(39)26(30(2,3)4)34-24(37)9-11-42-13-14-43-12-10-31-29(40)41/h5-8,18,22-23,26,31,36H,9-17H2,1-4H3,(H,32,38)(H,34,37)(H,40,41)/t22-,23+,26?/m1/s1. The van der Waals surface area contributed by atoms with E-state index in [1.165, 1.54) is 4.90 Å². The molecule has 1 aromatic heterocycles. The summed E-state index contributed by atoms with van der Waals surface area (Å²) in [7, 11) is 0. The van der Waals surface area contributed by atoms with Crippen LogP contribution in [0.4, 0.5) is 4.79 Å². The molecule has 4 amide bonds. The van der Waals surface area contributed by atoms with Crippen LogP contribution in [0.15, 0.2) is 29.8 Å². The zero-order valence-corrected chi connectivity index (χ0v) is 26.4. The van der Waals surface area contributed by atoms with Crippen molar-refractivity contribution >= 4 is 35.2 Å². The summed E-state index contributed by atoms with van der Waals surface area (Å²) in [5, 5.41) is 26.8. The number of hydrogen-bond acceptors (Lipinski definition) is 9. The van der Waals surface area contributed by atoms with E-state index < -0.39 is 35.6 Å². The molecule has 1 aliphatic rings. The molecule has 0 saturated carbocycles. The second kappa shape index (κ2) is 16.5. The van der Waals surface area contributed by atoms with E-state index >= 15 is 0 Å². The molecule has 5 N–H and O–H groups in total. The number of aliphatic hydroxyl groups excluding tert-OH is 1. The molecule has 0 spiro atoms. The molecule has 2 heterocycles. The van der Waals surface area contributed by atoms with Gasteiger partial charge in [-0.3, -0.25) is 14.4 Å². The number of amides is 4. The van der Waals surface area contributed by atoms with E-state index in [-0.39, 0.29) is 70.7 Å². The Kier molecular flexibility index (Phi) is 13.1. The molecular formula is C30H43N5O8S. The molecule has 1 saturated heterocycles. The van der Waals surface area contributed by atoms with Crippen molar-refractivity contribution in [1.29, 1.82) is 0 Å². The molecule has 242 valence electrons. The van der Waals surface area contributed by atoms with Crippen molar-refractivity contribution in [1.82, 2.24) is 25.8 Å². The molecule has 14 heteroatoms. The number of aliphatic hydroxyl groups is 1. The lowest BCUT2D eigenvalue weighted by atomic mass is 9.85. The molecule has 0 aliphatic carbocycles. The molecule has 3 rings (SSSR count). The number of ether oxygens (including phenoxy) is 2. The van der Waals surface area contributed by atoms with Crippen LogP contribution < -0.4 is 16.0 Å². The number of hydrogen-bond donors (Lipinski definition) is 5. The van der Waals surface area contributed by atoms with Crippen molar-refractivity contribution in [2.45, 2.75) is 65.3 Å². The lowest BCUT2D eigenvalue weighted by Gasteiger charge is -2.35. The van der Waals surface area contributed by atoms with Crippen molar-refractivity contribution in [2.75, 3.05) is 39.5 Å². The molecule has 0 radical (unpaired) electrons. The van der Waals surface area contributed by atoms with Crippen LogP contribution in [0.1, 0.15) is 44.9 Å². The number of aryl methyl sites for hydroxylation is 1. The Morgan fingerprint density at radius 3 is 2.36 bits per heavy atom. The third kappa shape index (κ3) is 10.5. The SMILES string of the molecule is Cc1ncsc1-c1ccc(CNC(=O)[C@@H]2C[C@@H](O)CN2C(=O)C(NC(=O)CCOCCOCCNC(=O)O)C(C)(C)C)cc1. The number of carbonyl (C=O) groups is 4. The van der Waals surface area contributed by atoms with Gasteiger partial charge in [0.25, 0.3) is 0 Å². The van der Waals surface area contributed by atoms with Gasteiger partial charge in [0, 0.05) is 32.5 Å². The molecule has 1 aliphatic heterocycles. The van der Waals surface area contributed by atoms with Gasteiger partial charge in [0.1, 0.15) is 12.1 Å². The Hall–Kier alpha value is -3.59. The minimum Gasteiger partial charge on any atom is -0.465 e. The number of carboxylic acid groups (broad SMARTS) is 1. The molecule has 0 bridgehead atoms. The van der Waals surface area contributed by atoms with Gasteiger partial charge in [-0.1, -0.05) is 45.0 Å². The van der Waals surface area contributed by atoms with E-state index in [4.69, 9.17) is 14.6 Å². The number of β-amino-alcohol motifs (C(OH)–C–C–N with tert-alkyl or cyclic N) is 1. The molecule has 1 unspecified atom stereocenters. The van der Waals surface area contributed by atoms with Crippen LogP contribution in [0, 0.1) is 12.3 Å². The van der Waals surface area contributed by atoms with Gasteiger partial charge in [0.15, 0.2) is 0 Å². The first-order valence-corrected chi connectivity index (χ1v) is 15.4. The first-order valence-electron chi connectivity index (χ1n) is 14.5. The average Bonchev–Trinajstić information content (AvgIpc) is 3.58. The summed E-state index contributed by atoms with van der Waals surface area (Å²) in [6.07, 6.45) is -1.87. The lowest BCUT2D eigenvalue weighted by molar-refractivity contribution is -0.144. The number of rotatable bonds is 15. The number of nitrogens with zero attached hydrogens (tertiary/aromatic N) is 2. The van der Waals surface area contributed by atoms with Crippen LogP contribution in [0.3, 0.4) is 0 Å². The van der Waals surface area contributed by atoms with Crippen LogP contribution >= 0.6 is 11.3 Å². The highest BCUT2D eigenvalue weighted by Gasteiger charge is 2.44. The van der Waals surface area contributed by atoms with Crippen LogP contribution in [-0.2, 0) is 30.4 Å². The van der Waals surface area contributed by atoms with Crippen molar-refractivity contribution in [3.63, 3.8) is 0 Å². The minimum atomic E-state index is -1.12. The summed E-state index contributed by atoms with van der Waals surface area (Å²) in [6.45, 7) is 8.62. The molecular weight excluding hydrogens is 590 g/mol. The van der Waals surface area contributed by atoms with Crippen LogP contribution in [-0.4, -0.2) is 102 Å². The number of carbonyl (C=O) groups excluding carboxylic acids is 3. The van der Waals surface area contributed by atoms with Crippen molar-refractivity contribution < 1.29 is 38.9 Å². The second-order valence-corrected chi connectivity index (χ2v) is 12.5. The van der Waals surface area contributed by atoms with Crippen LogP contribution in [0.2, 0.25) is 0 Å². The predicted octanol–water partition coefficient (Wildman–Crippen LogP) is 1.92. The van der Waals surface area contributed by atoms with Crippen molar-refractivity contribution in [2.24, 2.45) is 5.41 Å². The molecule has 2 aromatic rings. The molecule has 44 heavy (non-hydrogen) atoms. The zero-order chi connectivity index (χ0) is 32.3. The van der Waals surface area contributed by atoms with Crippen molar-refractivity contribution in [3.05, 3.63) is 41.0 Å². The summed E-state index contributed by atoms with van der Waals surface area (Å²) in [5.41, 5.74) is 4.04. The van der Waals surface area contributed by atoms with Crippen molar-refractivity contribution in [3.8, 4) is 10.4 Å². The van der Waals surface area contributed by atoms with E-state index in [1.54, 1.807) is 16.8 Å². The Morgan fingerprint density at radius 2 is 1.75 bits per heavy atom. The molecule has 1 fully saturated rings. The van der Waals surface area contributed by atoms with Gasteiger partial charge in [-0.15, -0.1) is 11.3 Å². The van der Waals surface area contributed by atoms with Gasteiger partial charge in [-0.25, -0.2) is 9.78 Å². The van der Waals surface area contributed by atoms with E-state index in [0.717, 1.165) is 21.7 Å². The summed E-state index contributed by atoms with van der Waals surface area (Å²) in [4.78, 5) is 56.8.